The van der Waals surface area contributed by atoms with Crippen LogP contribution in [-0.2, 0) is 16.1 Å². The van der Waals surface area contributed by atoms with Gasteiger partial charge in [-0.15, -0.1) is 0 Å². The van der Waals surface area contributed by atoms with Crippen molar-refractivity contribution >= 4 is 23.7 Å². The van der Waals surface area contributed by atoms with Crippen LogP contribution < -0.4 is 16.0 Å². The van der Waals surface area contributed by atoms with Crippen LogP contribution in [0.2, 0.25) is 0 Å². The van der Waals surface area contributed by atoms with Gasteiger partial charge in [-0.2, -0.15) is 0 Å². The molecule has 3 N–H and O–H groups in total. The highest BCUT2D eigenvalue weighted by molar-refractivity contribution is 6.06. The van der Waals surface area contributed by atoms with Crippen LogP contribution in [0.5, 0.6) is 0 Å². The van der Waals surface area contributed by atoms with Gasteiger partial charge in [0.15, 0.2) is 5.96 Å². The fourth-order valence-corrected chi connectivity index (χ4v) is 4.80. The van der Waals surface area contributed by atoms with Gasteiger partial charge in [-0.05, 0) is 36.0 Å². The summed E-state index contributed by atoms with van der Waals surface area (Å²) in [5, 5.41) is 8.96. The zero-order valence-electron chi connectivity index (χ0n) is 17.2. The van der Waals surface area contributed by atoms with Crippen molar-refractivity contribution in [3.8, 4) is 0 Å². The SMILES string of the molecule is CN=C(NCCN1C(=O)C2C3C=CC(C3)C2C1=O)NCc1ccc(C(=O)NC)cc1. The lowest BCUT2D eigenvalue weighted by Crippen LogP contribution is -2.43. The normalized spacial score (nSPS) is 26.9. The molecule has 2 fully saturated rings. The van der Waals surface area contributed by atoms with E-state index in [1.165, 1.54) is 4.90 Å². The van der Waals surface area contributed by atoms with Gasteiger partial charge in [-0.25, -0.2) is 0 Å². The van der Waals surface area contributed by atoms with Crippen molar-refractivity contribution in [1.29, 1.82) is 0 Å². The number of carbonyl (C=O) groups excluding carboxylic acids is 3. The third-order valence-electron chi connectivity index (χ3n) is 6.32. The number of hydrogen-bond donors (Lipinski definition) is 3. The van der Waals surface area contributed by atoms with Crippen LogP contribution in [-0.4, -0.2) is 55.8 Å². The molecule has 0 aromatic heterocycles. The van der Waals surface area contributed by atoms with Gasteiger partial charge in [0.05, 0.1) is 11.8 Å². The Morgan fingerprint density at radius 2 is 1.70 bits per heavy atom. The van der Waals surface area contributed by atoms with E-state index in [4.69, 9.17) is 0 Å². The summed E-state index contributed by atoms with van der Waals surface area (Å²) in [5.74, 6) is 0.589. The number of benzene rings is 1. The largest absolute Gasteiger partial charge is 0.355 e. The second kappa shape index (κ2) is 8.30. The predicted molar refractivity (Wildman–Crippen MR) is 112 cm³/mol. The van der Waals surface area contributed by atoms with E-state index in [0.717, 1.165) is 12.0 Å². The number of imide groups is 1. The number of rotatable bonds is 6. The molecule has 0 spiro atoms. The number of hydrogen-bond acceptors (Lipinski definition) is 4. The van der Waals surface area contributed by atoms with Crippen molar-refractivity contribution in [2.45, 2.75) is 13.0 Å². The number of carbonyl (C=O) groups is 3. The molecule has 4 rings (SSSR count). The van der Waals surface area contributed by atoms with E-state index in [0.29, 0.717) is 31.2 Å². The van der Waals surface area contributed by atoms with Crippen LogP contribution in [0.15, 0.2) is 41.4 Å². The highest BCUT2D eigenvalue weighted by Crippen LogP contribution is 2.52. The fraction of sp³-hybridized carbons (Fsp3) is 0.455. The van der Waals surface area contributed by atoms with Crippen molar-refractivity contribution in [1.82, 2.24) is 20.9 Å². The van der Waals surface area contributed by atoms with Crippen LogP contribution >= 0.6 is 0 Å². The summed E-state index contributed by atoms with van der Waals surface area (Å²) < 4.78 is 0. The molecule has 4 atom stereocenters. The molecule has 1 aromatic rings. The highest BCUT2D eigenvalue weighted by atomic mass is 16.2. The Balaban J connectivity index is 1.25. The van der Waals surface area contributed by atoms with Crippen molar-refractivity contribution < 1.29 is 14.4 Å². The number of likely N-dealkylation sites (tertiary alicyclic amines) is 1. The summed E-state index contributed by atoms with van der Waals surface area (Å²) in [5.41, 5.74) is 1.61. The summed E-state index contributed by atoms with van der Waals surface area (Å²) in [6.45, 7) is 1.31. The third-order valence-corrected chi connectivity index (χ3v) is 6.32. The molecule has 158 valence electrons. The van der Waals surface area contributed by atoms with Gasteiger partial charge in [-0.3, -0.25) is 24.3 Å². The molecule has 30 heavy (non-hydrogen) atoms. The van der Waals surface area contributed by atoms with Gasteiger partial charge in [0, 0.05) is 39.3 Å². The van der Waals surface area contributed by atoms with E-state index < -0.39 is 0 Å². The molecule has 8 heteroatoms. The zero-order chi connectivity index (χ0) is 21.3. The Bertz CT molecular complexity index is 878. The Labute approximate surface area is 175 Å². The lowest BCUT2D eigenvalue weighted by atomic mass is 9.85. The van der Waals surface area contributed by atoms with Crippen LogP contribution in [0.4, 0.5) is 0 Å². The van der Waals surface area contributed by atoms with Gasteiger partial charge in [0.1, 0.15) is 0 Å². The lowest BCUT2D eigenvalue weighted by Gasteiger charge is -2.18. The Hall–Kier alpha value is -3.16. The molecule has 4 unspecified atom stereocenters. The maximum atomic E-state index is 12.7. The van der Waals surface area contributed by atoms with Crippen LogP contribution in [0, 0.1) is 23.7 Å². The van der Waals surface area contributed by atoms with Crippen molar-refractivity contribution in [2.75, 3.05) is 27.2 Å². The molecule has 3 aliphatic rings. The maximum absolute atomic E-state index is 12.7. The average molecular weight is 409 g/mol. The summed E-state index contributed by atoms with van der Waals surface area (Å²) >= 11 is 0. The number of aliphatic imine (C=N–C) groups is 1. The van der Waals surface area contributed by atoms with E-state index >= 15 is 0 Å². The number of fused-ring (bicyclic) bond motifs is 5. The molecule has 1 saturated carbocycles. The zero-order valence-corrected chi connectivity index (χ0v) is 17.2. The number of guanidine groups is 1. The molecular weight excluding hydrogens is 382 g/mol. The second-order valence-corrected chi connectivity index (χ2v) is 7.96. The molecule has 0 radical (unpaired) electrons. The van der Waals surface area contributed by atoms with E-state index in [9.17, 15) is 14.4 Å². The average Bonchev–Trinajstić information content (AvgIpc) is 3.45. The third kappa shape index (κ3) is 3.58. The quantitative estimate of drug-likeness (QED) is 0.275. The van der Waals surface area contributed by atoms with Gasteiger partial charge >= 0.3 is 0 Å². The van der Waals surface area contributed by atoms with E-state index in [1.54, 1.807) is 26.2 Å². The van der Waals surface area contributed by atoms with Gasteiger partial charge in [0.2, 0.25) is 11.8 Å². The Kier molecular flexibility index (Phi) is 5.57. The molecule has 2 aliphatic carbocycles. The monoisotopic (exact) mass is 409 g/mol. The van der Waals surface area contributed by atoms with E-state index in [1.807, 2.05) is 12.1 Å². The van der Waals surface area contributed by atoms with Crippen LogP contribution in [0.25, 0.3) is 0 Å². The minimum absolute atomic E-state index is 0.0252. The summed E-state index contributed by atoms with van der Waals surface area (Å²) in [6, 6.07) is 7.31. The lowest BCUT2D eigenvalue weighted by molar-refractivity contribution is -0.140. The number of allylic oxidation sites excluding steroid dienone is 2. The van der Waals surface area contributed by atoms with Crippen LogP contribution in [0.1, 0.15) is 22.3 Å². The van der Waals surface area contributed by atoms with E-state index in [-0.39, 0.29) is 41.4 Å². The molecule has 8 nitrogen and oxygen atoms in total. The predicted octanol–water partition coefficient (Wildman–Crippen LogP) is 0.518. The minimum atomic E-state index is -0.150. The van der Waals surface area contributed by atoms with Crippen molar-refractivity contribution in [3.63, 3.8) is 0 Å². The molecule has 1 aromatic carbocycles. The summed E-state index contributed by atoms with van der Waals surface area (Å²) in [7, 11) is 3.27. The highest BCUT2D eigenvalue weighted by Gasteiger charge is 2.58. The summed E-state index contributed by atoms with van der Waals surface area (Å²) in [6.07, 6.45) is 5.15. The van der Waals surface area contributed by atoms with Crippen LogP contribution in [0.3, 0.4) is 0 Å². The molecule has 1 saturated heterocycles. The molecular formula is C22H27N5O3. The first kappa shape index (κ1) is 20.1. The molecule has 1 aliphatic heterocycles. The van der Waals surface area contributed by atoms with Gasteiger partial charge < -0.3 is 16.0 Å². The minimum Gasteiger partial charge on any atom is -0.355 e. The first-order valence-corrected chi connectivity index (χ1v) is 10.3. The molecule has 3 amide bonds. The first-order chi connectivity index (χ1) is 14.5. The van der Waals surface area contributed by atoms with E-state index in [2.05, 4.69) is 33.1 Å². The Morgan fingerprint density at radius 1 is 1.07 bits per heavy atom. The number of amides is 3. The topological polar surface area (TPSA) is 103 Å². The summed E-state index contributed by atoms with van der Waals surface area (Å²) in [4.78, 5) is 42.6. The van der Waals surface area contributed by atoms with Crippen molar-refractivity contribution in [2.24, 2.45) is 28.7 Å². The van der Waals surface area contributed by atoms with Gasteiger partial charge in [0.25, 0.3) is 5.91 Å². The maximum Gasteiger partial charge on any atom is 0.251 e. The smallest absolute Gasteiger partial charge is 0.251 e. The molecule has 2 bridgehead atoms. The van der Waals surface area contributed by atoms with Gasteiger partial charge in [-0.1, -0.05) is 24.3 Å². The standard InChI is InChI=1S/C22H27N5O3/c1-23-19(28)14-5-3-13(4-6-14)12-26-22(24-2)25-9-10-27-20(29)17-15-7-8-16(11-15)18(17)21(27)30/h3-8,15-18H,9-12H2,1-2H3,(H,23,28)(H2,24,25,26). The fourth-order valence-electron chi connectivity index (χ4n) is 4.80. The van der Waals surface area contributed by atoms with Crippen molar-refractivity contribution in [3.05, 3.63) is 47.5 Å². The number of nitrogens with one attached hydrogen (secondary N) is 3. The molecule has 1 heterocycles. The Morgan fingerprint density at radius 3 is 2.27 bits per heavy atom. The first-order valence-electron chi connectivity index (χ1n) is 10.3. The second-order valence-electron chi connectivity index (χ2n) is 7.96. The number of nitrogens with zero attached hydrogens (tertiary/aromatic N) is 2.